The van der Waals surface area contributed by atoms with Crippen LogP contribution in [-0.2, 0) is 6.61 Å². The minimum absolute atomic E-state index is 0.553. The number of aryl methyl sites for hydroxylation is 1. The zero-order chi connectivity index (χ0) is 19.3. The molecule has 0 radical (unpaired) electrons. The second-order valence-corrected chi connectivity index (χ2v) is 6.97. The van der Waals surface area contributed by atoms with E-state index in [1.807, 2.05) is 42.6 Å². The van der Waals surface area contributed by atoms with Gasteiger partial charge in [-0.2, -0.15) is 0 Å². The maximum Gasteiger partial charge on any atom is 0.119 e. The van der Waals surface area contributed by atoms with Crippen LogP contribution in [0, 0.1) is 13.8 Å². The highest BCUT2D eigenvalue weighted by molar-refractivity contribution is 5.85. The first-order chi connectivity index (χ1) is 13.7. The molecule has 0 amide bonds. The molecule has 0 saturated heterocycles. The van der Waals surface area contributed by atoms with E-state index in [9.17, 15) is 0 Å². The van der Waals surface area contributed by atoms with Gasteiger partial charge in [-0.3, -0.25) is 4.99 Å². The van der Waals surface area contributed by atoms with Crippen LogP contribution >= 0.6 is 0 Å². The molecule has 2 nitrogen and oxygen atoms in total. The number of fused-ring (bicyclic) bond motifs is 1. The molecule has 0 aliphatic rings. The molecule has 0 spiro atoms. The molecular formula is C26H23NO. The van der Waals surface area contributed by atoms with Gasteiger partial charge in [-0.25, -0.2) is 0 Å². The van der Waals surface area contributed by atoms with Gasteiger partial charge in [0.15, 0.2) is 0 Å². The zero-order valence-corrected chi connectivity index (χ0v) is 16.2. The molecule has 0 saturated carbocycles. The van der Waals surface area contributed by atoms with Crippen LogP contribution in [0.4, 0.5) is 5.69 Å². The summed E-state index contributed by atoms with van der Waals surface area (Å²) in [6.45, 7) is 4.76. The molecule has 0 unspecified atom stereocenters. The van der Waals surface area contributed by atoms with Gasteiger partial charge in [0.1, 0.15) is 12.4 Å². The average Bonchev–Trinajstić information content (AvgIpc) is 2.74. The Morgan fingerprint density at radius 2 is 1.54 bits per heavy atom. The van der Waals surface area contributed by atoms with Gasteiger partial charge >= 0.3 is 0 Å². The monoisotopic (exact) mass is 365 g/mol. The number of hydrogen-bond donors (Lipinski definition) is 0. The Hall–Kier alpha value is -3.39. The molecule has 0 aliphatic heterocycles. The minimum atomic E-state index is 0.553. The number of nitrogens with zero attached hydrogens (tertiary/aromatic N) is 1. The fourth-order valence-electron chi connectivity index (χ4n) is 3.25. The Balaban J connectivity index is 1.45. The lowest BCUT2D eigenvalue weighted by Crippen LogP contribution is -1.96. The maximum atomic E-state index is 6.01. The Labute approximate surface area is 166 Å². The smallest absolute Gasteiger partial charge is 0.119 e. The predicted molar refractivity (Wildman–Crippen MR) is 118 cm³/mol. The van der Waals surface area contributed by atoms with Crippen molar-refractivity contribution in [2.75, 3.05) is 0 Å². The molecule has 2 heteroatoms. The molecule has 4 aromatic rings. The highest BCUT2D eigenvalue weighted by Gasteiger charge is 2.02. The van der Waals surface area contributed by atoms with Crippen LogP contribution in [0.1, 0.15) is 22.3 Å². The Bertz CT molecular complexity index is 1120. The van der Waals surface area contributed by atoms with Gasteiger partial charge < -0.3 is 4.74 Å². The molecule has 28 heavy (non-hydrogen) atoms. The first-order valence-corrected chi connectivity index (χ1v) is 9.50. The van der Waals surface area contributed by atoms with Crippen molar-refractivity contribution in [3.8, 4) is 5.75 Å². The van der Waals surface area contributed by atoms with Crippen molar-refractivity contribution in [1.82, 2.24) is 0 Å². The average molecular weight is 365 g/mol. The SMILES string of the molecule is Cc1cccc(N=Cc2ccc(OCc3cccc4ccccc34)cc2)c1C. The van der Waals surface area contributed by atoms with Crippen LogP contribution in [0.3, 0.4) is 0 Å². The van der Waals surface area contributed by atoms with Crippen molar-refractivity contribution >= 4 is 22.7 Å². The predicted octanol–water partition coefficient (Wildman–Crippen LogP) is 6.79. The van der Waals surface area contributed by atoms with Crippen molar-refractivity contribution in [3.05, 3.63) is 107 Å². The number of hydrogen-bond acceptors (Lipinski definition) is 2. The van der Waals surface area contributed by atoms with Gasteiger partial charge in [0.25, 0.3) is 0 Å². The summed E-state index contributed by atoms with van der Waals surface area (Å²) in [5.41, 5.74) is 5.73. The second-order valence-electron chi connectivity index (χ2n) is 6.97. The van der Waals surface area contributed by atoms with E-state index in [0.29, 0.717) is 6.61 Å². The highest BCUT2D eigenvalue weighted by Crippen LogP contribution is 2.22. The summed E-state index contributed by atoms with van der Waals surface area (Å²) in [4.78, 5) is 4.63. The summed E-state index contributed by atoms with van der Waals surface area (Å²) in [5.74, 6) is 0.858. The fraction of sp³-hybridized carbons (Fsp3) is 0.115. The normalized spacial score (nSPS) is 11.2. The minimum Gasteiger partial charge on any atom is -0.489 e. The molecule has 0 bridgehead atoms. The Morgan fingerprint density at radius 1 is 0.786 bits per heavy atom. The third kappa shape index (κ3) is 3.96. The molecule has 0 heterocycles. The van der Waals surface area contributed by atoms with E-state index >= 15 is 0 Å². The fourth-order valence-corrected chi connectivity index (χ4v) is 3.25. The Morgan fingerprint density at radius 3 is 2.39 bits per heavy atom. The molecule has 0 fully saturated rings. The van der Waals surface area contributed by atoms with Gasteiger partial charge in [-0.05, 0) is 77.2 Å². The molecule has 4 rings (SSSR count). The first-order valence-electron chi connectivity index (χ1n) is 9.50. The van der Waals surface area contributed by atoms with Crippen LogP contribution in [0.15, 0.2) is 89.9 Å². The Kier molecular flexibility index (Phi) is 5.20. The van der Waals surface area contributed by atoms with Gasteiger partial charge in [-0.15, -0.1) is 0 Å². The maximum absolute atomic E-state index is 6.01. The van der Waals surface area contributed by atoms with Crippen molar-refractivity contribution < 1.29 is 4.74 Å². The van der Waals surface area contributed by atoms with E-state index in [4.69, 9.17) is 4.74 Å². The third-order valence-corrected chi connectivity index (χ3v) is 5.08. The van der Waals surface area contributed by atoms with E-state index in [1.165, 1.54) is 27.5 Å². The number of aliphatic imine (C=N–C) groups is 1. The molecular weight excluding hydrogens is 342 g/mol. The van der Waals surface area contributed by atoms with E-state index < -0.39 is 0 Å². The first kappa shape index (κ1) is 18.0. The summed E-state index contributed by atoms with van der Waals surface area (Å²) >= 11 is 0. The summed E-state index contributed by atoms with van der Waals surface area (Å²) in [5, 5.41) is 2.48. The van der Waals surface area contributed by atoms with Crippen molar-refractivity contribution in [2.24, 2.45) is 4.99 Å². The summed E-state index contributed by atoms with van der Waals surface area (Å²) in [7, 11) is 0. The lowest BCUT2D eigenvalue weighted by atomic mass is 10.1. The molecule has 4 aromatic carbocycles. The van der Waals surface area contributed by atoms with Crippen LogP contribution in [0.25, 0.3) is 10.8 Å². The summed E-state index contributed by atoms with van der Waals surface area (Å²) in [6, 6.07) is 29.0. The third-order valence-electron chi connectivity index (χ3n) is 5.08. The highest BCUT2D eigenvalue weighted by atomic mass is 16.5. The molecule has 0 N–H and O–H groups in total. The van der Waals surface area contributed by atoms with E-state index in [-0.39, 0.29) is 0 Å². The lowest BCUT2D eigenvalue weighted by Gasteiger charge is -2.09. The topological polar surface area (TPSA) is 21.6 Å². The number of rotatable bonds is 5. The molecule has 138 valence electrons. The van der Waals surface area contributed by atoms with Crippen molar-refractivity contribution in [2.45, 2.75) is 20.5 Å². The zero-order valence-electron chi connectivity index (χ0n) is 16.2. The van der Waals surface area contributed by atoms with Gasteiger partial charge in [0.05, 0.1) is 5.69 Å². The van der Waals surface area contributed by atoms with E-state index in [2.05, 4.69) is 67.4 Å². The molecule has 0 aromatic heterocycles. The number of ether oxygens (including phenoxy) is 1. The largest absolute Gasteiger partial charge is 0.489 e. The standard InChI is InChI=1S/C26H23NO/c1-19-7-5-12-26(20(19)2)27-17-21-13-15-24(16-14-21)28-18-23-10-6-9-22-8-3-4-11-25(22)23/h3-17H,18H2,1-2H3. The quantitative estimate of drug-likeness (QED) is 0.357. The number of benzene rings is 4. The second kappa shape index (κ2) is 8.10. The summed E-state index contributed by atoms with van der Waals surface area (Å²) < 4.78 is 6.01. The van der Waals surface area contributed by atoms with Crippen LogP contribution in [0.2, 0.25) is 0 Å². The summed E-state index contributed by atoms with van der Waals surface area (Å²) in [6.07, 6.45) is 1.90. The lowest BCUT2D eigenvalue weighted by molar-refractivity contribution is 0.307. The van der Waals surface area contributed by atoms with Gasteiger partial charge in [0.2, 0.25) is 0 Å². The van der Waals surface area contributed by atoms with Crippen molar-refractivity contribution in [3.63, 3.8) is 0 Å². The molecule has 0 aliphatic carbocycles. The van der Waals surface area contributed by atoms with Gasteiger partial charge in [-0.1, -0.05) is 54.6 Å². The van der Waals surface area contributed by atoms with Crippen LogP contribution in [-0.4, -0.2) is 6.21 Å². The van der Waals surface area contributed by atoms with E-state index in [1.54, 1.807) is 0 Å². The van der Waals surface area contributed by atoms with Gasteiger partial charge in [0, 0.05) is 6.21 Å². The molecule has 0 atom stereocenters. The van der Waals surface area contributed by atoms with Crippen LogP contribution < -0.4 is 4.74 Å². The van der Waals surface area contributed by atoms with Crippen LogP contribution in [0.5, 0.6) is 5.75 Å². The van der Waals surface area contributed by atoms with Crippen molar-refractivity contribution in [1.29, 1.82) is 0 Å². The van der Waals surface area contributed by atoms with E-state index in [0.717, 1.165) is 17.0 Å².